The molecule has 0 aliphatic carbocycles. The zero-order valence-corrected chi connectivity index (χ0v) is 20.4. The molecule has 7 nitrogen and oxygen atoms in total. The Hall–Kier alpha value is -2.90. The predicted molar refractivity (Wildman–Crippen MR) is 127 cm³/mol. The number of aromatic nitrogens is 2. The molecule has 0 fully saturated rings. The van der Waals surface area contributed by atoms with Crippen molar-refractivity contribution in [2.75, 3.05) is 13.7 Å². The van der Waals surface area contributed by atoms with Crippen molar-refractivity contribution in [2.24, 2.45) is 0 Å². The Balaban J connectivity index is 1.82. The molecule has 33 heavy (non-hydrogen) atoms. The highest BCUT2D eigenvalue weighted by atomic mass is 16.5. The monoisotopic (exact) mass is 454 g/mol. The molecule has 7 heteroatoms. The zero-order chi connectivity index (χ0) is 24.0. The Labute approximate surface area is 195 Å². The van der Waals surface area contributed by atoms with E-state index in [9.17, 15) is 4.79 Å². The number of carbonyl (C=O) groups is 1. The number of hydrogen-bond acceptors (Lipinski definition) is 6. The Morgan fingerprint density at radius 1 is 1.15 bits per heavy atom. The van der Waals surface area contributed by atoms with Crippen molar-refractivity contribution in [3.63, 3.8) is 0 Å². The van der Waals surface area contributed by atoms with E-state index in [-0.39, 0.29) is 12.4 Å². The number of fused-ring (bicyclic) bond motifs is 1. The van der Waals surface area contributed by atoms with Gasteiger partial charge in [-0.2, -0.15) is 0 Å². The van der Waals surface area contributed by atoms with Gasteiger partial charge in [0.15, 0.2) is 0 Å². The van der Waals surface area contributed by atoms with E-state index < -0.39 is 11.7 Å². The molecule has 0 aliphatic rings. The maximum atomic E-state index is 11.9. The molecule has 178 valence electrons. The van der Waals surface area contributed by atoms with Gasteiger partial charge in [0.2, 0.25) is 0 Å². The van der Waals surface area contributed by atoms with Gasteiger partial charge in [0.25, 0.3) is 0 Å². The summed E-state index contributed by atoms with van der Waals surface area (Å²) in [5.41, 5.74) is 2.39. The summed E-state index contributed by atoms with van der Waals surface area (Å²) in [5, 5.41) is 0.960. The second-order valence-electron chi connectivity index (χ2n) is 9.00. The van der Waals surface area contributed by atoms with Crippen LogP contribution in [0.15, 0.2) is 42.7 Å². The first-order valence-corrected chi connectivity index (χ1v) is 11.3. The van der Waals surface area contributed by atoms with E-state index in [1.54, 1.807) is 6.20 Å². The Morgan fingerprint density at radius 3 is 2.52 bits per heavy atom. The molecule has 0 bridgehead atoms. The summed E-state index contributed by atoms with van der Waals surface area (Å²) in [7, 11) is 1.38. The minimum Gasteiger partial charge on any atom is -0.469 e. The van der Waals surface area contributed by atoms with Crippen molar-refractivity contribution in [3.8, 4) is 11.5 Å². The number of hydrogen-bond donors (Lipinski definition) is 0. The van der Waals surface area contributed by atoms with E-state index in [2.05, 4.69) is 11.9 Å². The molecule has 1 aromatic carbocycles. The van der Waals surface area contributed by atoms with Crippen molar-refractivity contribution in [1.29, 1.82) is 0 Å². The topological polar surface area (TPSA) is 71.8 Å². The molecule has 0 amide bonds. The van der Waals surface area contributed by atoms with Crippen molar-refractivity contribution < 1.29 is 23.7 Å². The van der Waals surface area contributed by atoms with Gasteiger partial charge in [0.05, 0.1) is 30.6 Å². The number of pyridine rings is 1. The highest BCUT2D eigenvalue weighted by Crippen LogP contribution is 2.34. The molecule has 3 aromatic rings. The summed E-state index contributed by atoms with van der Waals surface area (Å²) in [6.45, 7) is 11.2. The highest BCUT2D eigenvalue weighted by Gasteiger charge is 2.24. The summed E-state index contributed by atoms with van der Waals surface area (Å²) >= 11 is 0. The third kappa shape index (κ3) is 6.55. The fourth-order valence-electron chi connectivity index (χ4n) is 3.64. The standard InChI is InChI=1S/C26H34N2O5/c1-7-14-31-17-28-16-18(2)24-21(12-13-27-25(24)28)32-20-10-8-19(9-11-20)22(15-23(29)30-6)33-26(3,4)5/h8-13,16,22H,7,14-15,17H2,1-6H3. The van der Waals surface area contributed by atoms with Crippen LogP contribution in [0, 0.1) is 6.92 Å². The first-order valence-electron chi connectivity index (χ1n) is 11.3. The van der Waals surface area contributed by atoms with E-state index in [1.165, 1.54) is 7.11 Å². The smallest absolute Gasteiger partial charge is 0.308 e. The Bertz CT molecular complexity index is 1070. The molecule has 2 heterocycles. The number of rotatable bonds is 10. The van der Waals surface area contributed by atoms with Crippen LogP contribution in [-0.2, 0) is 25.7 Å². The Kier molecular flexibility index (Phi) is 8.10. The number of carbonyl (C=O) groups excluding carboxylic acids is 1. The third-order valence-corrected chi connectivity index (χ3v) is 5.04. The van der Waals surface area contributed by atoms with Gasteiger partial charge in [-0.25, -0.2) is 4.98 Å². The van der Waals surface area contributed by atoms with Crippen LogP contribution in [0.5, 0.6) is 11.5 Å². The number of aryl methyl sites for hydroxylation is 1. The van der Waals surface area contributed by atoms with Gasteiger partial charge in [-0.05, 0) is 63.4 Å². The largest absolute Gasteiger partial charge is 0.469 e. The lowest BCUT2D eigenvalue weighted by molar-refractivity contribution is -0.147. The first-order chi connectivity index (χ1) is 15.7. The molecule has 0 spiro atoms. The van der Waals surface area contributed by atoms with Gasteiger partial charge in [-0.1, -0.05) is 19.1 Å². The Morgan fingerprint density at radius 2 is 1.88 bits per heavy atom. The molecular weight excluding hydrogens is 420 g/mol. The number of methoxy groups -OCH3 is 1. The van der Waals surface area contributed by atoms with Crippen molar-refractivity contribution in [3.05, 3.63) is 53.9 Å². The number of esters is 1. The predicted octanol–water partition coefficient (Wildman–Crippen LogP) is 5.94. The minimum atomic E-state index is -0.404. The normalized spacial score (nSPS) is 12.7. The maximum absolute atomic E-state index is 11.9. The average molecular weight is 455 g/mol. The van der Waals surface area contributed by atoms with Gasteiger partial charge in [-0.3, -0.25) is 4.79 Å². The first kappa shape index (κ1) is 24.7. The van der Waals surface area contributed by atoms with Crippen LogP contribution in [0.25, 0.3) is 11.0 Å². The molecule has 0 aliphatic heterocycles. The number of benzene rings is 1. The van der Waals surface area contributed by atoms with Gasteiger partial charge < -0.3 is 23.5 Å². The summed E-state index contributed by atoms with van der Waals surface area (Å²) in [6, 6.07) is 9.47. The van der Waals surface area contributed by atoms with Crippen LogP contribution in [0.4, 0.5) is 0 Å². The summed E-state index contributed by atoms with van der Waals surface area (Å²) in [4.78, 5) is 16.4. The second kappa shape index (κ2) is 10.8. The van der Waals surface area contributed by atoms with Crippen LogP contribution in [0.1, 0.15) is 57.8 Å². The maximum Gasteiger partial charge on any atom is 0.308 e. The van der Waals surface area contributed by atoms with Gasteiger partial charge >= 0.3 is 5.97 Å². The number of nitrogens with zero attached hydrogens (tertiary/aromatic N) is 2. The molecule has 3 rings (SSSR count). The number of ether oxygens (including phenoxy) is 4. The molecule has 1 atom stereocenters. The SMILES string of the molecule is CCCOCn1cc(C)c2c(Oc3ccc(C(CC(=O)OC)OC(C)(C)C)cc3)ccnc21. The highest BCUT2D eigenvalue weighted by molar-refractivity contribution is 5.87. The van der Waals surface area contributed by atoms with E-state index in [0.717, 1.165) is 34.3 Å². The zero-order valence-electron chi connectivity index (χ0n) is 20.4. The van der Waals surface area contributed by atoms with Gasteiger partial charge in [0, 0.05) is 19.0 Å². The summed E-state index contributed by atoms with van der Waals surface area (Å²) < 4.78 is 24.9. The quantitative estimate of drug-likeness (QED) is 0.279. The van der Waals surface area contributed by atoms with Crippen LogP contribution >= 0.6 is 0 Å². The molecule has 0 N–H and O–H groups in total. The molecular formula is C26H34N2O5. The van der Waals surface area contributed by atoms with Crippen LogP contribution in [-0.4, -0.2) is 34.8 Å². The lowest BCUT2D eigenvalue weighted by Crippen LogP contribution is -2.24. The van der Waals surface area contributed by atoms with Crippen LogP contribution < -0.4 is 4.74 Å². The van der Waals surface area contributed by atoms with Crippen molar-refractivity contribution >= 4 is 17.0 Å². The fraction of sp³-hybridized carbons (Fsp3) is 0.462. The average Bonchev–Trinajstić information content (AvgIpc) is 3.09. The lowest BCUT2D eigenvalue weighted by atomic mass is 10.0. The van der Waals surface area contributed by atoms with Crippen molar-refractivity contribution in [2.45, 2.75) is 65.9 Å². The summed E-state index contributed by atoms with van der Waals surface area (Å²) in [5.74, 6) is 1.11. The van der Waals surface area contributed by atoms with E-state index in [0.29, 0.717) is 19.1 Å². The van der Waals surface area contributed by atoms with Crippen LogP contribution in [0.3, 0.4) is 0 Å². The second-order valence-corrected chi connectivity index (χ2v) is 9.00. The molecule has 0 radical (unpaired) electrons. The molecule has 0 saturated heterocycles. The lowest BCUT2D eigenvalue weighted by Gasteiger charge is -2.27. The molecule has 0 saturated carbocycles. The van der Waals surface area contributed by atoms with Gasteiger partial charge in [-0.15, -0.1) is 0 Å². The minimum absolute atomic E-state index is 0.145. The van der Waals surface area contributed by atoms with E-state index >= 15 is 0 Å². The van der Waals surface area contributed by atoms with Crippen molar-refractivity contribution in [1.82, 2.24) is 9.55 Å². The van der Waals surface area contributed by atoms with Gasteiger partial charge in [0.1, 0.15) is 23.9 Å². The summed E-state index contributed by atoms with van der Waals surface area (Å²) in [6.07, 6.45) is 4.48. The van der Waals surface area contributed by atoms with E-state index in [4.69, 9.17) is 18.9 Å². The third-order valence-electron chi connectivity index (χ3n) is 5.04. The van der Waals surface area contributed by atoms with Crippen LogP contribution in [0.2, 0.25) is 0 Å². The molecule has 2 aromatic heterocycles. The fourth-order valence-corrected chi connectivity index (χ4v) is 3.64. The molecule has 1 unspecified atom stereocenters. The van der Waals surface area contributed by atoms with E-state index in [1.807, 2.05) is 68.8 Å².